The van der Waals surface area contributed by atoms with Gasteiger partial charge in [-0.3, -0.25) is 4.79 Å². The van der Waals surface area contributed by atoms with Crippen LogP contribution in [0.15, 0.2) is 18.2 Å². The molecule has 1 heterocycles. The van der Waals surface area contributed by atoms with Gasteiger partial charge in [-0.1, -0.05) is 36.2 Å². The number of hydrogen-bond donors (Lipinski definition) is 1. The van der Waals surface area contributed by atoms with Gasteiger partial charge in [0.2, 0.25) is 5.91 Å². The first kappa shape index (κ1) is 16.5. The number of carbonyl (C=O) groups excluding carboxylic acids is 1. The molecule has 1 aromatic rings. The number of hydrogen-bond acceptors (Lipinski definition) is 3. The minimum atomic E-state index is -0.964. The molecule has 1 aromatic carbocycles. The van der Waals surface area contributed by atoms with Gasteiger partial charge in [0.1, 0.15) is 6.04 Å². The summed E-state index contributed by atoms with van der Waals surface area (Å²) in [5.74, 6) is -0.758. The van der Waals surface area contributed by atoms with Gasteiger partial charge in [0.15, 0.2) is 0 Å². The van der Waals surface area contributed by atoms with Crippen LogP contribution in [-0.4, -0.2) is 39.1 Å². The Labute approximate surface area is 137 Å². The van der Waals surface area contributed by atoms with Crippen molar-refractivity contribution in [1.29, 1.82) is 0 Å². The van der Waals surface area contributed by atoms with Crippen molar-refractivity contribution < 1.29 is 14.7 Å². The highest BCUT2D eigenvalue weighted by molar-refractivity contribution is 8.00. The average molecular weight is 348 g/mol. The Morgan fingerprint density at radius 1 is 1.43 bits per heavy atom. The van der Waals surface area contributed by atoms with Crippen molar-refractivity contribution in [2.45, 2.75) is 31.2 Å². The van der Waals surface area contributed by atoms with Crippen LogP contribution < -0.4 is 0 Å². The van der Waals surface area contributed by atoms with Crippen molar-refractivity contribution in [3.63, 3.8) is 0 Å². The summed E-state index contributed by atoms with van der Waals surface area (Å²) in [5, 5.41) is 10.1. The molecular weight excluding hydrogens is 333 g/mol. The van der Waals surface area contributed by atoms with E-state index in [1.165, 1.54) is 16.7 Å². The maximum atomic E-state index is 12.5. The molecule has 1 aliphatic rings. The van der Waals surface area contributed by atoms with Crippen molar-refractivity contribution in [2.24, 2.45) is 0 Å². The van der Waals surface area contributed by atoms with Crippen LogP contribution in [0, 0.1) is 0 Å². The van der Waals surface area contributed by atoms with Gasteiger partial charge in [0, 0.05) is 15.8 Å². The van der Waals surface area contributed by atoms with E-state index in [4.69, 9.17) is 23.2 Å². The molecule has 0 aromatic heterocycles. The number of carboxylic acid groups (broad SMARTS) is 1. The van der Waals surface area contributed by atoms with Gasteiger partial charge in [-0.2, -0.15) is 0 Å². The van der Waals surface area contributed by atoms with Gasteiger partial charge in [-0.15, -0.1) is 11.8 Å². The molecule has 0 spiro atoms. The standard InChI is InChI=1S/C14H15Cl2NO3S/c1-2-13-17(11(7-21-13)14(19)20)12(18)5-8-3-4-9(15)6-10(8)16/h3-4,6,11,13H,2,5,7H2,1H3,(H,19,20). The first-order valence-electron chi connectivity index (χ1n) is 6.53. The van der Waals surface area contributed by atoms with E-state index in [9.17, 15) is 14.7 Å². The number of carboxylic acids is 1. The van der Waals surface area contributed by atoms with E-state index < -0.39 is 12.0 Å². The molecule has 4 nitrogen and oxygen atoms in total. The van der Waals surface area contributed by atoms with Crippen LogP contribution in [-0.2, 0) is 16.0 Å². The van der Waals surface area contributed by atoms with Crippen LogP contribution in [0.3, 0.4) is 0 Å². The lowest BCUT2D eigenvalue weighted by molar-refractivity contribution is -0.148. The number of amides is 1. The van der Waals surface area contributed by atoms with E-state index >= 15 is 0 Å². The van der Waals surface area contributed by atoms with Crippen LogP contribution in [0.1, 0.15) is 18.9 Å². The topological polar surface area (TPSA) is 57.6 Å². The number of carbonyl (C=O) groups is 2. The SMILES string of the molecule is CCC1SCC(C(=O)O)N1C(=O)Cc1ccc(Cl)cc1Cl. The molecule has 0 bridgehead atoms. The van der Waals surface area contributed by atoms with E-state index in [0.717, 1.165) is 0 Å². The van der Waals surface area contributed by atoms with Gasteiger partial charge < -0.3 is 10.0 Å². The molecule has 0 radical (unpaired) electrons. The van der Waals surface area contributed by atoms with Gasteiger partial charge >= 0.3 is 5.97 Å². The minimum Gasteiger partial charge on any atom is -0.480 e. The lowest BCUT2D eigenvalue weighted by Gasteiger charge is -2.26. The van der Waals surface area contributed by atoms with Gasteiger partial charge in [-0.05, 0) is 24.1 Å². The van der Waals surface area contributed by atoms with Crippen LogP contribution in [0.25, 0.3) is 0 Å². The first-order chi connectivity index (χ1) is 9.93. The maximum absolute atomic E-state index is 12.5. The highest BCUT2D eigenvalue weighted by Gasteiger charge is 2.40. The van der Waals surface area contributed by atoms with Gasteiger partial charge in [0.05, 0.1) is 11.8 Å². The van der Waals surface area contributed by atoms with Crippen LogP contribution in [0.4, 0.5) is 0 Å². The Kier molecular flexibility index (Phi) is 5.41. The summed E-state index contributed by atoms with van der Waals surface area (Å²) in [5.41, 5.74) is 0.655. The fraction of sp³-hybridized carbons (Fsp3) is 0.429. The maximum Gasteiger partial charge on any atom is 0.327 e. The fourth-order valence-electron chi connectivity index (χ4n) is 2.32. The van der Waals surface area contributed by atoms with Crippen molar-refractivity contribution in [1.82, 2.24) is 4.90 Å². The summed E-state index contributed by atoms with van der Waals surface area (Å²) in [6.45, 7) is 1.94. The third-order valence-corrected chi connectivity index (χ3v) is 5.41. The van der Waals surface area contributed by atoms with E-state index in [1.807, 2.05) is 6.92 Å². The van der Waals surface area contributed by atoms with Crippen molar-refractivity contribution in [3.8, 4) is 0 Å². The lowest BCUT2D eigenvalue weighted by Crippen LogP contribution is -2.46. The monoisotopic (exact) mass is 347 g/mol. The smallest absolute Gasteiger partial charge is 0.327 e. The number of aliphatic carboxylic acids is 1. The quantitative estimate of drug-likeness (QED) is 0.907. The summed E-state index contributed by atoms with van der Waals surface area (Å²) in [6, 6.07) is 4.18. The number of benzene rings is 1. The Morgan fingerprint density at radius 3 is 2.71 bits per heavy atom. The third-order valence-electron chi connectivity index (χ3n) is 3.37. The molecule has 1 saturated heterocycles. The molecule has 7 heteroatoms. The van der Waals surface area contributed by atoms with Crippen molar-refractivity contribution >= 4 is 46.8 Å². The summed E-state index contributed by atoms with van der Waals surface area (Å²) in [6.07, 6.45) is 0.797. The zero-order chi connectivity index (χ0) is 15.6. The van der Waals surface area contributed by atoms with Crippen LogP contribution >= 0.6 is 35.0 Å². The predicted molar refractivity (Wildman–Crippen MR) is 85.0 cm³/mol. The highest BCUT2D eigenvalue weighted by Crippen LogP contribution is 2.32. The molecule has 2 rings (SSSR count). The number of halogens is 2. The molecule has 0 saturated carbocycles. The molecule has 2 atom stereocenters. The Hall–Kier alpha value is -0.910. The summed E-state index contributed by atoms with van der Waals surface area (Å²) >= 11 is 13.4. The normalized spacial score (nSPS) is 21.6. The fourth-order valence-corrected chi connectivity index (χ4v) is 4.17. The zero-order valence-electron chi connectivity index (χ0n) is 11.4. The number of rotatable bonds is 4. The minimum absolute atomic E-state index is 0.0802. The summed E-state index contributed by atoms with van der Waals surface area (Å²) in [4.78, 5) is 25.3. The van der Waals surface area contributed by atoms with Crippen LogP contribution in [0.5, 0.6) is 0 Å². The Bertz CT molecular complexity index is 567. The van der Waals surface area contributed by atoms with Crippen molar-refractivity contribution in [3.05, 3.63) is 33.8 Å². The second-order valence-corrected chi connectivity index (χ2v) is 6.82. The number of nitrogens with zero attached hydrogens (tertiary/aromatic N) is 1. The Morgan fingerprint density at radius 2 is 2.14 bits per heavy atom. The van der Waals surface area contributed by atoms with Gasteiger partial charge in [-0.25, -0.2) is 4.79 Å². The number of thioether (sulfide) groups is 1. The molecule has 0 aliphatic carbocycles. The second kappa shape index (κ2) is 6.90. The van der Waals surface area contributed by atoms with Crippen molar-refractivity contribution in [2.75, 3.05) is 5.75 Å². The van der Waals surface area contributed by atoms with Crippen LogP contribution in [0.2, 0.25) is 10.0 Å². The lowest BCUT2D eigenvalue weighted by atomic mass is 10.1. The molecule has 2 unspecified atom stereocenters. The molecule has 21 heavy (non-hydrogen) atoms. The summed E-state index contributed by atoms with van der Waals surface area (Å²) < 4.78 is 0. The first-order valence-corrected chi connectivity index (χ1v) is 8.34. The Balaban J connectivity index is 2.18. The largest absolute Gasteiger partial charge is 0.480 e. The molecular formula is C14H15Cl2NO3S. The third kappa shape index (κ3) is 3.65. The highest BCUT2D eigenvalue weighted by atomic mass is 35.5. The molecule has 1 aliphatic heterocycles. The molecule has 1 amide bonds. The van der Waals surface area contributed by atoms with E-state index in [1.54, 1.807) is 18.2 Å². The van der Waals surface area contributed by atoms with E-state index in [2.05, 4.69) is 0 Å². The molecule has 114 valence electrons. The predicted octanol–water partition coefficient (Wildman–Crippen LogP) is 3.30. The average Bonchev–Trinajstić information content (AvgIpc) is 2.86. The zero-order valence-corrected chi connectivity index (χ0v) is 13.7. The molecule has 1 fully saturated rings. The summed E-state index contributed by atoms with van der Waals surface area (Å²) in [7, 11) is 0. The molecule has 1 N–H and O–H groups in total. The van der Waals surface area contributed by atoms with E-state index in [0.29, 0.717) is 27.8 Å². The van der Waals surface area contributed by atoms with Gasteiger partial charge in [0.25, 0.3) is 0 Å². The van der Waals surface area contributed by atoms with E-state index in [-0.39, 0.29) is 17.7 Å². The second-order valence-electron chi connectivity index (χ2n) is 4.76.